The number of amides is 1. The van der Waals surface area contributed by atoms with Crippen molar-refractivity contribution >= 4 is 17.3 Å². The number of anilines is 2. The number of nitrogens with one attached hydrogen (secondary N) is 1. The van der Waals surface area contributed by atoms with E-state index in [-0.39, 0.29) is 23.2 Å². The normalized spacial score (nSPS) is 16.0. The molecule has 1 heterocycles. The first-order chi connectivity index (χ1) is 15.1. The van der Waals surface area contributed by atoms with Crippen LogP contribution in [-0.4, -0.2) is 57.6 Å². The number of carbonyl (C=O) groups is 1. The Labute approximate surface area is 192 Å². The summed E-state index contributed by atoms with van der Waals surface area (Å²) >= 11 is 0. The summed E-state index contributed by atoms with van der Waals surface area (Å²) in [7, 11) is 4.07. The predicted molar refractivity (Wildman–Crippen MR) is 131 cm³/mol. The van der Waals surface area contributed by atoms with Gasteiger partial charge in [-0.1, -0.05) is 32.9 Å². The Kier molecular flexibility index (Phi) is 7.77. The Morgan fingerprint density at radius 1 is 1.00 bits per heavy atom. The summed E-state index contributed by atoms with van der Waals surface area (Å²) in [6.45, 7) is 10.3. The maximum atomic E-state index is 13.3. The van der Waals surface area contributed by atoms with Crippen LogP contribution in [0, 0.1) is 11.2 Å². The van der Waals surface area contributed by atoms with Gasteiger partial charge in [0, 0.05) is 64.6 Å². The van der Waals surface area contributed by atoms with Crippen LogP contribution < -0.4 is 15.1 Å². The number of nitrogens with zero attached hydrogens (tertiary/aromatic N) is 3. The number of benzene rings is 2. The maximum Gasteiger partial charge on any atom is 0.220 e. The van der Waals surface area contributed by atoms with Crippen LogP contribution >= 0.6 is 0 Å². The van der Waals surface area contributed by atoms with Gasteiger partial charge in [0.05, 0.1) is 6.04 Å². The minimum atomic E-state index is -0.209. The van der Waals surface area contributed by atoms with Gasteiger partial charge < -0.3 is 15.1 Å². The lowest BCUT2D eigenvalue weighted by molar-refractivity contribution is -0.123. The fourth-order valence-electron chi connectivity index (χ4n) is 4.15. The highest BCUT2D eigenvalue weighted by Crippen LogP contribution is 2.26. The molecule has 0 radical (unpaired) electrons. The van der Waals surface area contributed by atoms with E-state index >= 15 is 0 Å². The summed E-state index contributed by atoms with van der Waals surface area (Å²) in [4.78, 5) is 19.3. The number of halogens is 1. The molecule has 1 atom stereocenters. The Morgan fingerprint density at radius 2 is 1.59 bits per heavy atom. The van der Waals surface area contributed by atoms with Gasteiger partial charge in [-0.2, -0.15) is 0 Å². The molecule has 0 aromatic heterocycles. The zero-order valence-electron chi connectivity index (χ0n) is 20.1. The number of hydrogen-bond acceptors (Lipinski definition) is 4. The third kappa shape index (κ3) is 6.70. The highest BCUT2D eigenvalue weighted by atomic mass is 19.1. The molecule has 32 heavy (non-hydrogen) atoms. The average molecular weight is 441 g/mol. The van der Waals surface area contributed by atoms with E-state index in [1.807, 2.05) is 26.2 Å². The minimum Gasteiger partial charge on any atom is -0.378 e. The van der Waals surface area contributed by atoms with Crippen LogP contribution in [0.5, 0.6) is 0 Å². The lowest BCUT2D eigenvalue weighted by atomic mass is 9.92. The molecule has 0 spiro atoms. The SMILES string of the molecule is CN(C)c1ccc([C@@H](CNC(=O)CC(C)(C)C)N2CCN(c3ccc(F)cc3)CC2)cc1. The third-order valence-electron chi connectivity index (χ3n) is 5.92. The van der Waals surface area contributed by atoms with Crippen molar-refractivity contribution in [3.8, 4) is 0 Å². The van der Waals surface area contributed by atoms with E-state index in [9.17, 15) is 9.18 Å². The first-order valence-electron chi connectivity index (χ1n) is 11.4. The number of hydrogen-bond donors (Lipinski definition) is 1. The summed E-state index contributed by atoms with van der Waals surface area (Å²) < 4.78 is 13.3. The summed E-state index contributed by atoms with van der Waals surface area (Å²) in [6, 6.07) is 15.4. The van der Waals surface area contributed by atoms with E-state index in [2.05, 4.69) is 65.1 Å². The van der Waals surface area contributed by atoms with E-state index in [0.29, 0.717) is 13.0 Å². The molecule has 1 saturated heterocycles. The second kappa shape index (κ2) is 10.3. The van der Waals surface area contributed by atoms with Gasteiger partial charge in [0.25, 0.3) is 0 Å². The van der Waals surface area contributed by atoms with Crippen LogP contribution in [0.3, 0.4) is 0 Å². The highest BCUT2D eigenvalue weighted by molar-refractivity contribution is 5.76. The molecule has 5 nitrogen and oxygen atoms in total. The van der Waals surface area contributed by atoms with Crippen molar-refractivity contribution in [2.24, 2.45) is 5.41 Å². The van der Waals surface area contributed by atoms with E-state index < -0.39 is 0 Å². The molecular formula is C26H37FN4O. The fraction of sp³-hybridized carbons (Fsp3) is 0.500. The summed E-state index contributed by atoms with van der Waals surface area (Å²) in [6.07, 6.45) is 0.512. The van der Waals surface area contributed by atoms with Crippen molar-refractivity contribution in [1.82, 2.24) is 10.2 Å². The fourth-order valence-corrected chi connectivity index (χ4v) is 4.15. The van der Waals surface area contributed by atoms with Gasteiger partial charge in [0.2, 0.25) is 5.91 Å². The first-order valence-corrected chi connectivity index (χ1v) is 11.4. The molecule has 0 bridgehead atoms. The summed E-state index contributed by atoms with van der Waals surface area (Å²) in [5.74, 6) is -0.114. The van der Waals surface area contributed by atoms with Crippen LogP contribution in [0.2, 0.25) is 0 Å². The highest BCUT2D eigenvalue weighted by Gasteiger charge is 2.26. The second-order valence-electron chi connectivity index (χ2n) is 10.0. The smallest absolute Gasteiger partial charge is 0.220 e. The van der Waals surface area contributed by atoms with Gasteiger partial charge >= 0.3 is 0 Å². The molecule has 0 saturated carbocycles. The topological polar surface area (TPSA) is 38.8 Å². The van der Waals surface area contributed by atoms with E-state index in [1.165, 1.54) is 17.7 Å². The number of carbonyl (C=O) groups excluding carboxylic acids is 1. The predicted octanol–water partition coefficient (Wildman–Crippen LogP) is 4.31. The Bertz CT molecular complexity index is 866. The van der Waals surface area contributed by atoms with Gasteiger partial charge in [-0.25, -0.2) is 4.39 Å². The van der Waals surface area contributed by atoms with Crippen molar-refractivity contribution in [1.29, 1.82) is 0 Å². The first kappa shape index (κ1) is 24.1. The largest absolute Gasteiger partial charge is 0.378 e. The molecule has 1 aliphatic heterocycles. The van der Waals surface area contributed by atoms with Crippen molar-refractivity contribution in [3.63, 3.8) is 0 Å². The third-order valence-corrected chi connectivity index (χ3v) is 5.92. The quantitative estimate of drug-likeness (QED) is 0.697. The van der Waals surface area contributed by atoms with Crippen LogP contribution in [0.4, 0.5) is 15.8 Å². The number of piperazine rings is 1. The molecule has 174 valence electrons. The molecule has 1 aliphatic rings. The second-order valence-corrected chi connectivity index (χ2v) is 10.0. The molecule has 0 unspecified atom stereocenters. The maximum absolute atomic E-state index is 13.3. The number of rotatable bonds is 7. The van der Waals surface area contributed by atoms with Crippen LogP contribution in [-0.2, 0) is 4.79 Å². The molecule has 2 aromatic carbocycles. The monoisotopic (exact) mass is 440 g/mol. The van der Waals surface area contributed by atoms with Crippen LogP contribution in [0.25, 0.3) is 0 Å². The zero-order valence-corrected chi connectivity index (χ0v) is 20.1. The molecule has 0 aliphatic carbocycles. The Hall–Kier alpha value is -2.60. The van der Waals surface area contributed by atoms with Gasteiger partial charge in [-0.3, -0.25) is 9.69 Å². The summed E-state index contributed by atoms with van der Waals surface area (Å²) in [5.41, 5.74) is 3.39. The van der Waals surface area contributed by atoms with Gasteiger partial charge in [-0.05, 0) is 47.4 Å². The summed E-state index contributed by atoms with van der Waals surface area (Å²) in [5, 5.41) is 3.18. The van der Waals surface area contributed by atoms with E-state index in [0.717, 1.165) is 37.6 Å². The molecule has 1 amide bonds. The lowest BCUT2D eigenvalue weighted by Gasteiger charge is -2.40. The van der Waals surface area contributed by atoms with Crippen molar-refractivity contribution in [3.05, 3.63) is 59.9 Å². The lowest BCUT2D eigenvalue weighted by Crippen LogP contribution is -2.50. The van der Waals surface area contributed by atoms with Crippen LogP contribution in [0.1, 0.15) is 38.8 Å². The molecule has 2 aromatic rings. The van der Waals surface area contributed by atoms with Gasteiger partial charge in [0.15, 0.2) is 0 Å². The Morgan fingerprint density at radius 3 is 2.12 bits per heavy atom. The molecule has 1 N–H and O–H groups in total. The standard InChI is InChI=1S/C26H37FN4O/c1-26(2,3)18-25(32)28-19-24(20-6-10-22(11-7-20)29(4)5)31-16-14-30(15-17-31)23-12-8-21(27)9-13-23/h6-13,24H,14-19H2,1-5H3,(H,28,32)/t24-/m1/s1. The van der Waals surface area contributed by atoms with Crippen molar-refractivity contribution in [2.75, 3.05) is 56.6 Å². The Balaban J connectivity index is 1.70. The van der Waals surface area contributed by atoms with E-state index in [1.54, 1.807) is 0 Å². The zero-order chi connectivity index (χ0) is 23.3. The van der Waals surface area contributed by atoms with Gasteiger partial charge in [0.1, 0.15) is 5.82 Å². The van der Waals surface area contributed by atoms with Crippen molar-refractivity contribution < 1.29 is 9.18 Å². The van der Waals surface area contributed by atoms with Gasteiger partial charge in [-0.15, -0.1) is 0 Å². The van der Waals surface area contributed by atoms with Crippen LogP contribution in [0.15, 0.2) is 48.5 Å². The molecule has 3 rings (SSSR count). The average Bonchev–Trinajstić information content (AvgIpc) is 2.74. The minimum absolute atomic E-state index is 0.0340. The van der Waals surface area contributed by atoms with E-state index in [4.69, 9.17) is 0 Å². The van der Waals surface area contributed by atoms with Crippen molar-refractivity contribution in [2.45, 2.75) is 33.2 Å². The molecule has 1 fully saturated rings. The molecular weight excluding hydrogens is 403 g/mol. The molecule has 6 heteroatoms.